The molecule has 0 fully saturated rings. The summed E-state index contributed by atoms with van der Waals surface area (Å²) in [5.41, 5.74) is 4.70. The minimum absolute atomic E-state index is 0.0545. The van der Waals surface area contributed by atoms with E-state index in [1.165, 1.54) is 16.8 Å². The summed E-state index contributed by atoms with van der Waals surface area (Å²) in [6.07, 6.45) is 1.95. The van der Waals surface area contributed by atoms with Gasteiger partial charge in [0.25, 0.3) is 0 Å². The Hall–Kier alpha value is -2.03. The second kappa shape index (κ2) is 7.49. The topological polar surface area (TPSA) is 25.2 Å². The van der Waals surface area contributed by atoms with Gasteiger partial charge in [0.15, 0.2) is 0 Å². The Morgan fingerprint density at radius 2 is 1.43 bits per heavy atom. The quantitative estimate of drug-likeness (QED) is 0.711. The van der Waals surface area contributed by atoms with Gasteiger partial charge < -0.3 is 9.67 Å². The molecule has 118 valence electrons. The predicted octanol–water partition coefficient (Wildman–Crippen LogP) is 4.47. The second-order valence-corrected chi connectivity index (χ2v) is 6.11. The van der Waals surface area contributed by atoms with Crippen LogP contribution < -0.4 is 0 Å². The summed E-state index contributed by atoms with van der Waals surface area (Å²) in [4.78, 5) is 0. The highest BCUT2D eigenvalue weighted by molar-refractivity contribution is 6.30. The molecule has 0 unspecified atom stereocenters. The number of hydrogen-bond donors (Lipinski definition) is 1. The van der Waals surface area contributed by atoms with Crippen molar-refractivity contribution in [2.45, 2.75) is 26.0 Å². The first-order chi connectivity index (χ1) is 11.3. The Balaban J connectivity index is 1.78. The van der Waals surface area contributed by atoms with E-state index < -0.39 is 0 Å². The molecule has 3 aromatic rings. The number of hydrogen-bond acceptors (Lipinski definition) is 1. The molecular weight excluding hydrogens is 306 g/mol. The van der Waals surface area contributed by atoms with Gasteiger partial charge >= 0.3 is 0 Å². The summed E-state index contributed by atoms with van der Waals surface area (Å²) in [7, 11) is 0. The lowest BCUT2D eigenvalue weighted by molar-refractivity contribution is 0.271. The second-order valence-electron chi connectivity index (χ2n) is 5.67. The lowest BCUT2D eigenvalue weighted by atomic mass is 10.1. The average Bonchev–Trinajstić information content (AvgIpc) is 2.98. The van der Waals surface area contributed by atoms with Gasteiger partial charge in [0.1, 0.15) is 0 Å². The van der Waals surface area contributed by atoms with Gasteiger partial charge in [0, 0.05) is 23.0 Å². The molecular formula is C20H20ClNO. The normalized spacial score (nSPS) is 10.9. The van der Waals surface area contributed by atoms with Gasteiger partial charge in [-0.1, -0.05) is 54.1 Å². The molecule has 1 heterocycles. The summed E-state index contributed by atoms with van der Waals surface area (Å²) in [5.74, 6) is 0. The number of aliphatic hydroxyl groups is 1. The van der Waals surface area contributed by atoms with Crippen LogP contribution in [-0.2, 0) is 26.0 Å². The summed E-state index contributed by atoms with van der Waals surface area (Å²) in [6, 6.07) is 22.5. The van der Waals surface area contributed by atoms with Crippen molar-refractivity contribution in [2.24, 2.45) is 0 Å². The molecule has 3 rings (SSSR count). The van der Waals surface area contributed by atoms with Crippen LogP contribution in [0.1, 0.15) is 22.5 Å². The van der Waals surface area contributed by atoms with E-state index in [-0.39, 0.29) is 6.61 Å². The van der Waals surface area contributed by atoms with Crippen molar-refractivity contribution in [3.05, 3.63) is 94.3 Å². The van der Waals surface area contributed by atoms with Gasteiger partial charge in [-0.15, -0.1) is 0 Å². The van der Waals surface area contributed by atoms with Gasteiger partial charge in [-0.25, -0.2) is 0 Å². The fourth-order valence-electron chi connectivity index (χ4n) is 2.81. The van der Waals surface area contributed by atoms with Gasteiger partial charge in [0.05, 0.1) is 6.61 Å². The van der Waals surface area contributed by atoms with Crippen LogP contribution in [-0.4, -0.2) is 9.67 Å². The van der Waals surface area contributed by atoms with Crippen molar-refractivity contribution in [3.63, 3.8) is 0 Å². The zero-order chi connectivity index (χ0) is 16.1. The van der Waals surface area contributed by atoms with Gasteiger partial charge in [-0.2, -0.15) is 0 Å². The number of halogens is 1. The van der Waals surface area contributed by atoms with Crippen LogP contribution in [0.15, 0.2) is 66.7 Å². The molecule has 0 aliphatic heterocycles. The SMILES string of the molecule is OCc1ccc(CCc2ccccc2)n1Cc1ccc(Cl)cc1. The van der Waals surface area contributed by atoms with Crippen LogP contribution in [0.2, 0.25) is 5.02 Å². The minimum Gasteiger partial charge on any atom is -0.390 e. The van der Waals surface area contributed by atoms with E-state index in [4.69, 9.17) is 11.6 Å². The highest BCUT2D eigenvalue weighted by Gasteiger charge is 2.08. The van der Waals surface area contributed by atoms with E-state index >= 15 is 0 Å². The summed E-state index contributed by atoms with van der Waals surface area (Å²) in [5, 5.41) is 10.3. The largest absolute Gasteiger partial charge is 0.390 e. The van der Waals surface area contributed by atoms with Crippen LogP contribution in [0.4, 0.5) is 0 Å². The Labute approximate surface area is 142 Å². The number of rotatable bonds is 6. The summed E-state index contributed by atoms with van der Waals surface area (Å²) in [6.45, 7) is 0.809. The fourth-order valence-corrected chi connectivity index (χ4v) is 2.93. The maximum atomic E-state index is 9.60. The molecule has 0 amide bonds. The zero-order valence-electron chi connectivity index (χ0n) is 13.0. The average molecular weight is 326 g/mol. The van der Waals surface area contributed by atoms with Crippen molar-refractivity contribution in [1.29, 1.82) is 0 Å². The monoisotopic (exact) mass is 325 g/mol. The molecule has 0 spiro atoms. The first kappa shape index (κ1) is 15.9. The number of aromatic nitrogens is 1. The Morgan fingerprint density at radius 3 is 2.13 bits per heavy atom. The smallest absolute Gasteiger partial charge is 0.0833 e. The molecule has 0 radical (unpaired) electrons. The predicted molar refractivity (Wildman–Crippen MR) is 94.8 cm³/mol. The number of aliphatic hydroxyl groups excluding tert-OH is 1. The van der Waals surface area contributed by atoms with Crippen molar-refractivity contribution in [2.75, 3.05) is 0 Å². The van der Waals surface area contributed by atoms with Crippen LogP contribution in [0.25, 0.3) is 0 Å². The molecule has 0 saturated carbocycles. The highest BCUT2D eigenvalue weighted by atomic mass is 35.5. The van der Waals surface area contributed by atoms with Crippen LogP contribution in [0.3, 0.4) is 0 Å². The first-order valence-corrected chi connectivity index (χ1v) is 8.20. The molecule has 23 heavy (non-hydrogen) atoms. The van der Waals surface area contributed by atoms with Crippen LogP contribution in [0, 0.1) is 0 Å². The van der Waals surface area contributed by atoms with E-state index in [9.17, 15) is 5.11 Å². The first-order valence-electron chi connectivity index (χ1n) is 7.83. The molecule has 0 bridgehead atoms. The van der Waals surface area contributed by atoms with Crippen LogP contribution >= 0.6 is 11.6 Å². The highest BCUT2D eigenvalue weighted by Crippen LogP contribution is 2.17. The van der Waals surface area contributed by atoms with Crippen molar-refractivity contribution >= 4 is 11.6 Å². The number of nitrogens with zero attached hydrogens (tertiary/aromatic N) is 1. The zero-order valence-corrected chi connectivity index (χ0v) is 13.7. The third-order valence-corrected chi connectivity index (χ3v) is 4.34. The third kappa shape index (κ3) is 4.04. The lowest BCUT2D eigenvalue weighted by Crippen LogP contribution is -2.09. The molecule has 0 atom stereocenters. The minimum atomic E-state index is 0.0545. The third-order valence-electron chi connectivity index (χ3n) is 4.09. The molecule has 0 aliphatic carbocycles. The molecule has 1 aromatic heterocycles. The fraction of sp³-hybridized carbons (Fsp3) is 0.200. The molecule has 2 nitrogen and oxygen atoms in total. The summed E-state index contributed by atoms with van der Waals surface area (Å²) >= 11 is 5.95. The molecule has 1 N–H and O–H groups in total. The molecule has 3 heteroatoms. The Bertz CT molecular complexity index is 747. The van der Waals surface area contributed by atoms with Gasteiger partial charge in [-0.3, -0.25) is 0 Å². The molecule has 2 aromatic carbocycles. The van der Waals surface area contributed by atoms with Crippen LogP contribution in [0.5, 0.6) is 0 Å². The van der Waals surface area contributed by atoms with Gasteiger partial charge in [-0.05, 0) is 48.2 Å². The Kier molecular flexibility index (Phi) is 5.16. The van der Waals surface area contributed by atoms with Gasteiger partial charge in [0.2, 0.25) is 0 Å². The van der Waals surface area contributed by atoms with E-state index in [1.54, 1.807) is 0 Å². The summed E-state index contributed by atoms with van der Waals surface area (Å²) < 4.78 is 2.20. The Morgan fingerprint density at radius 1 is 0.739 bits per heavy atom. The van der Waals surface area contributed by atoms with Crippen molar-refractivity contribution in [3.8, 4) is 0 Å². The molecule has 0 saturated heterocycles. The van der Waals surface area contributed by atoms with E-state index in [0.717, 1.165) is 30.1 Å². The maximum absolute atomic E-state index is 9.60. The van der Waals surface area contributed by atoms with Crippen molar-refractivity contribution in [1.82, 2.24) is 4.57 Å². The lowest BCUT2D eigenvalue weighted by Gasteiger charge is -2.13. The maximum Gasteiger partial charge on any atom is 0.0833 e. The van der Waals surface area contributed by atoms with E-state index in [0.29, 0.717) is 0 Å². The molecule has 0 aliphatic rings. The standard InChI is InChI=1S/C20H20ClNO/c21-18-9-6-17(7-10-18)14-22-19(12-13-20(22)15-23)11-8-16-4-2-1-3-5-16/h1-7,9-10,12-13,23H,8,11,14-15H2. The van der Waals surface area contributed by atoms with E-state index in [1.807, 2.05) is 36.4 Å². The van der Waals surface area contributed by atoms with E-state index in [2.05, 4.69) is 34.9 Å². The number of benzene rings is 2. The number of aryl methyl sites for hydroxylation is 2. The van der Waals surface area contributed by atoms with Crippen molar-refractivity contribution < 1.29 is 5.11 Å².